The predicted molar refractivity (Wildman–Crippen MR) is 137 cm³/mol. The zero-order valence-corrected chi connectivity index (χ0v) is 20.0. The highest BCUT2D eigenvalue weighted by Crippen LogP contribution is 2.56. The lowest BCUT2D eigenvalue weighted by Crippen LogP contribution is -2.37. The molecule has 0 amide bonds. The molecule has 3 aliphatic heterocycles. The number of amidine groups is 1. The van der Waals surface area contributed by atoms with Crippen LogP contribution in [0.5, 0.6) is 0 Å². The monoisotopic (exact) mass is 504 g/mol. The van der Waals surface area contributed by atoms with E-state index >= 15 is 0 Å². The number of halogens is 2. The van der Waals surface area contributed by atoms with Crippen LogP contribution >= 0.6 is 46.7 Å². The van der Waals surface area contributed by atoms with Crippen LogP contribution in [0.4, 0.5) is 11.4 Å². The van der Waals surface area contributed by atoms with Gasteiger partial charge in [-0.3, -0.25) is 10.3 Å². The van der Waals surface area contributed by atoms with E-state index in [1.54, 1.807) is 23.9 Å². The van der Waals surface area contributed by atoms with Crippen molar-refractivity contribution in [1.82, 2.24) is 0 Å². The quantitative estimate of drug-likeness (QED) is 0.353. The van der Waals surface area contributed by atoms with E-state index < -0.39 is 5.92 Å². The molecule has 0 spiro atoms. The van der Waals surface area contributed by atoms with Gasteiger partial charge in [0.05, 0.1) is 34.0 Å². The molecule has 160 valence electrons. The van der Waals surface area contributed by atoms with Gasteiger partial charge in [0.15, 0.2) is 0 Å². The van der Waals surface area contributed by atoms with Crippen molar-refractivity contribution in [2.75, 3.05) is 10.2 Å². The van der Waals surface area contributed by atoms with Crippen LogP contribution in [0, 0.1) is 16.7 Å². The highest BCUT2D eigenvalue weighted by Gasteiger charge is 2.44. The first-order chi connectivity index (χ1) is 16.1. The van der Waals surface area contributed by atoms with Crippen LogP contribution in [0.25, 0.3) is 0 Å². The van der Waals surface area contributed by atoms with Gasteiger partial charge < -0.3 is 5.32 Å². The predicted octanol–water partition coefficient (Wildman–Crippen LogP) is 7.84. The van der Waals surface area contributed by atoms with Crippen LogP contribution in [0.2, 0.25) is 10.0 Å². The molecule has 2 N–H and O–H groups in total. The van der Waals surface area contributed by atoms with Gasteiger partial charge in [-0.25, -0.2) is 0 Å². The Kier molecular flexibility index (Phi) is 4.97. The molecule has 33 heavy (non-hydrogen) atoms. The molecule has 0 fully saturated rings. The Balaban J connectivity index is 1.63. The topological polar surface area (TPSA) is 62.9 Å². The number of nitriles is 1. The second kappa shape index (κ2) is 7.89. The van der Waals surface area contributed by atoms with E-state index in [1.807, 2.05) is 59.5 Å². The number of nitrogens with zero attached hydrogens (tertiary/aromatic N) is 2. The number of allylic oxidation sites excluding steroid dienone is 1. The zero-order valence-electron chi connectivity index (χ0n) is 16.9. The van der Waals surface area contributed by atoms with Gasteiger partial charge in [-0.2, -0.15) is 5.26 Å². The molecular weight excluding hydrogens is 491 g/mol. The fraction of sp³-hybridized carbons (Fsp3) is 0.0400. The Labute approximate surface area is 209 Å². The Morgan fingerprint density at radius 2 is 1.73 bits per heavy atom. The van der Waals surface area contributed by atoms with Gasteiger partial charge in [0.25, 0.3) is 0 Å². The number of nitrogens with one attached hydrogen (secondary N) is 2. The number of hydrogen-bond donors (Lipinski definition) is 2. The van der Waals surface area contributed by atoms with Gasteiger partial charge in [0.2, 0.25) is 0 Å². The third kappa shape index (κ3) is 3.19. The van der Waals surface area contributed by atoms with Crippen LogP contribution in [0.1, 0.15) is 11.5 Å². The van der Waals surface area contributed by atoms with Crippen molar-refractivity contribution in [2.45, 2.75) is 15.7 Å². The molecular formula is C25H14Cl2N4S2. The maximum Gasteiger partial charge on any atom is 0.137 e. The van der Waals surface area contributed by atoms with Crippen molar-refractivity contribution in [2.24, 2.45) is 0 Å². The first-order valence-corrected chi connectivity index (χ1v) is 12.5. The zero-order chi connectivity index (χ0) is 22.7. The van der Waals surface area contributed by atoms with Crippen LogP contribution in [-0.2, 0) is 0 Å². The largest absolute Gasteiger partial charge is 0.349 e. The van der Waals surface area contributed by atoms with Crippen molar-refractivity contribution in [3.63, 3.8) is 0 Å². The van der Waals surface area contributed by atoms with Crippen molar-refractivity contribution in [1.29, 1.82) is 10.7 Å². The molecule has 3 aromatic rings. The average molecular weight is 505 g/mol. The molecule has 0 unspecified atom stereocenters. The van der Waals surface area contributed by atoms with Gasteiger partial charge in [0, 0.05) is 25.4 Å². The Hall–Kier alpha value is -2.82. The summed E-state index contributed by atoms with van der Waals surface area (Å²) in [4.78, 5) is 3.98. The molecule has 3 heterocycles. The van der Waals surface area contributed by atoms with Crippen LogP contribution in [0.3, 0.4) is 0 Å². The second-order valence-electron chi connectivity index (χ2n) is 7.65. The Bertz CT molecular complexity index is 1440. The summed E-state index contributed by atoms with van der Waals surface area (Å²) >= 11 is 15.9. The number of anilines is 2. The lowest BCUT2D eigenvalue weighted by molar-refractivity contribution is 0.940. The normalized spacial score (nSPS) is 20.8. The molecule has 8 heteroatoms. The first kappa shape index (κ1) is 20.8. The maximum atomic E-state index is 10.4. The van der Waals surface area contributed by atoms with Gasteiger partial charge in [-0.1, -0.05) is 77.1 Å². The molecule has 0 aliphatic carbocycles. The van der Waals surface area contributed by atoms with Crippen LogP contribution in [-0.4, -0.2) is 5.84 Å². The van der Waals surface area contributed by atoms with E-state index in [4.69, 9.17) is 23.2 Å². The molecule has 6 rings (SSSR count). The third-order valence-electron chi connectivity index (χ3n) is 5.79. The lowest BCUT2D eigenvalue weighted by Gasteiger charge is -2.35. The number of thioether (sulfide) groups is 2. The van der Waals surface area contributed by atoms with Gasteiger partial charge >= 0.3 is 0 Å². The number of para-hydroxylation sites is 2. The SMILES string of the molecule is N#CC1=C2Sc3ccccc3N2C(=N)/C(=C2\Nc3ccccc3S2)[C@H]1c1ccc(Cl)cc1Cl. The molecule has 0 saturated heterocycles. The highest BCUT2D eigenvalue weighted by molar-refractivity contribution is 8.04. The van der Waals surface area contributed by atoms with E-state index in [0.717, 1.165) is 42.4 Å². The summed E-state index contributed by atoms with van der Waals surface area (Å²) in [5.41, 5.74) is 3.94. The number of hydrogen-bond acceptors (Lipinski definition) is 5. The fourth-order valence-electron chi connectivity index (χ4n) is 4.35. The standard InChI is InChI=1S/C25H14Cl2N4S2/c26-13-9-10-14(16(27)11-13)21-15(12-28)25-31(18-6-2-4-8-20(18)33-25)23(29)22(21)24-30-17-5-1-3-7-19(17)32-24/h1-11,21,29-30H/b24-22+,29-23?/t21-/m0/s1. The van der Waals surface area contributed by atoms with Gasteiger partial charge in [0.1, 0.15) is 10.9 Å². The minimum atomic E-state index is -0.496. The molecule has 3 aromatic carbocycles. The minimum absolute atomic E-state index is 0.334. The van der Waals surface area contributed by atoms with E-state index in [2.05, 4.69) is 11.4 Å². The molecule has 4 nitrogen and oxygen atoms in total. The Morgan fingerprint density at radius 3 is 2.48 bits per heavy atom. The van der Waals surface area contributed by atoms with E-state index in [9.17, 15) is 10.7 Å². The molecule has 0 bridgehead atoms. The molecule has 3 aliphatic rings. The minimum Gasteiger partial charge on any atom is -0.349 e. The lowest BCUT2D eigenvalue weighted by atomic mass is 9.82. The third-order valence-corrected chi connectivity index (χ3v) is 8.61. The molecule has 0 saturated carbocycles. The summed E-state index contributed by atoms with van der Waals surface area (Å²) in [6.07, 6.45) is 0. The smallest absolute Gasteiger partial charge is 0.137 e. The fourth-order valence-corrected chi connectivity index (χ4v) is 7.12. The second-order valence-corrected chi connectivity index (χ2v) is 10.6. The maximum absolute atomic E-state index is 10.4. The summed E-state index contributed by atoms with van der Waals surface area (Å²) in [6, 6.07) is 23.7. The van der Waals surface area contributed by atoms with Gasteiger partial charge in [-0.15, -0.1) is 0 Å². The Morgan fingerprint density at radius 1 is 0.970 bits per heavy atom. The van der Waals surface area contributed by atoms with E-state index in [1.165, 1.54) is 11.8 Å². The van der Waals surface area contributed by atoms with E-state index in [-0.39, 0.29) is 0 Å². The number of benzene rings is 3. The summed E-state index contributed by atoms with van der Waals surface area (Å²) in [6.45, 7) is 0. The van der Waals surface area contributed by atoms with Crippen molar-refractivity contribution >= 4 is 63.9 Å². The summed E-state index contributed by atoms with van der Waals surface area (Å²) in [7, 11) is 0. The van der Waals surface area contributed by atoms with Crippen LogP contribution in [0.15, 0.2) is 97.7 Å². The summed E-state index contributed by atoms with van der Waals surface area (Å²) in [5, 5.41) is 25.8. The molecule has 1 atom stereocenters. The summed E-state index contributed by atoms with van der Waals surface area (Å²) in [5.74, 6) is -0.162. The highest BCUT2D eigenvalue weighted by atomic mass is 35.5. The molecule has 0 radical (unpaired) electrons. The van der Waals surface area contributed by atoms with E-state index in [0.29, 0.717) is 21.5 Å². The van der Waals surface area contributed by atoms with Crippen molar-refractivity contribution in [3.05, 3.63) is 104 Å². The summed E-state index contributed by atoms with van der Waals surface area (Å²) < 4.78 is 0. The molecule has 0 aromatic heterocycles. The van der Waals surface area contributed by atoms with Crippen molar-refractivity contribution < 1.29 is 0 Å². The first-order valence-electron chi connectivity index (χ1n) is 10.1. The van der Waals surface area contributed by atoms with Crippen molar-refractivity contribution in [3.8, 4) is 6.07 Å². The van der Waals surface area contributed by atoms with Crippen LogP contribution < -0.4 is 10.2 Å². The number of rotatable bonds is 1. The van der Waals surface area contributed by atoms with Gasteiger partial charge in [-0.05, 0) is 42.0 Å². The number of fused-ring (bicyclic) bond motifs is 4. The average Bonchev–Trinajstić information content (AvgIpc) is 3.40.